The van der Waals surface area contributed by atoms with Crippen LogP contribution in [0.25, 0.3) is 11.1 Å². The minimum Gasteiger partial charge on any atom is -1.00 e. The summed E-state index contributed by atoms with van der Waals surface area (Å²) in [5.41, 5.74) is 5.29. The van der Waals surface area contributed by atoms with E-state index in [9.17, 15) is 0 Å². The van der Waals surface area contributed by atoms with Gasteiger partial charge in [0.1, 0.15) is 0 Å². The van der Waals surface area contributed by atoms with E-state index >= 15 is 0 Å². The maximum atomic E-state index is 3.33. The fraction of sp³-hybridized carbons (Fsp3) is 0.0714. The molecule has 80 valence electrons. The van der Waals surface area contributed by atoms with Crippen molar-refractivity contribution in [3.63, 3.8) is 0 Å². The Morgan fingerprint density at radius 2 is 1.50 bits per heavy atom. The number of nitrogens with one attached hydrogen (secondary N) is 1. The molecule has 16 heavy (non-hydrogen) atoms. The van der Waals surface area contributed by atoms with Crippen LogP contribution in [0.1, 0.15) is 11.1 Å². The predicted molar refractivity (Wildman–Crippen MR) is 61.7 cm³/mol. The van der Waals surface area contributed by atoms with Gasteiger partial charge in [-0.05, 0) is 17.2 Å². The van der Waals surface area contributed by atoms with Crippen molar-refractivity contribution in [2.75, 3.05) is 0 Å². The Morgan fingerprint density at radius 3 is 2.38 bits per heavy atom. The molecule has 0 radical (unpaired) electrons. The van der Waals surface area contributed by atoms with E-state index < -0.39 is 0 Å². The van der Waals surface area contributed by atoms with Crippen LogP contribution < -0.4 is 22.0 Å². The van der Waals surface area contributed by atoms with Crippen LogP contribution in [0.2, 0.25) is 0 Å². The van der Waals surface area contributed by atoms with Crippen LogP contribution in [0, 0.1) is 0 Å². The van der Waals surface area contributed by atoms with Crippen molar-refractivity contribution >= 4 is 6.21 Å². The van der Waals surface area contributed by atoms with Gasteiger partial charge in [-0.1, -0.05) is 42.5 Å². The first kappa shape index (κ1) is 11.1. The summed E-state index contributed by atoms with van der Waals surface area (Å²) in [6.45, 7) is 0.908. The van der Waals surface area contributed by atoms with Crippen molar-refractivity contribution in [1.29, 1.82) is 0 Å². The molecule has 0 aromatic heterocycles. The predicted octanol–water partition coefficient (Wildman–Crippen LogP) is -1.63. The molecule has 0 bridgehead atoms. The Labute approximate surface area is 106 Å². The molecule has 2 aromatic rings. The second kappa shape index (κ2) is 4.62. The molecule has 3 rings (SSSR count). The highest BCUT2D eigenvalue weighted by Gasteiger charge is 2.12. The van der Waals surface area contributed by atoms with Crippen LogP contribution in [0.4, 0.5) is 0 Å². The summed E-state index contributed by atoms with van der Waals surface area (Å²) < 4.78 is 0. The second-order valence-corrected chi connectivity index (χ2v) is 3.77. The van der Waals surface area contributed by atoms with Gasteiger partial charge in [-0.15, -0.1) is 0 Å². The molecule has 1 heterocycles. The lowest BCUT2D eigenvalue weighted by molar-refractivity contribution is -0.469. The molecule has 0 fully saturated rings. The Hall–Kier alpha value is -1.41. The Balaban J connectivity index is 0.000000963. The average Bonchev–Trinajstić information content (AvgIpc) is 2.48. The summed E-state index contributed by atoms with van der Waals surface area (Å²) in [7, 11) is 0. The normalized spacial score (nSPS) is 12.0. The first-order valence-electron chi connectivity index (χ1n) is 5.19. The third kappa shape index (κ3) is 1.81. The van der Waals surface area contributed by atoms with Gasteiger partial charge in [0, 0.05) is 11.1 Å². The molecule has 1 aliphatic heterocycles. The highest BCUT2D eigenvalue weighted by Crippen LogP contribution is 2.26. The maximum Gasteiger partial charge on any atom is 0.169 e. The van der Waals surface area contributed by atoms with Gasteiger partial charge in [-0.3, -0.25) is 0 Å². The summed E-state index contributed by atoms with van der Waals surface area (Å²) in [6, 6.07) is 17.0. The number of benzene rings is 2. The minimum atomic E-state index is 0. The largest absolute Gasteiger partial charge is 1.00 e. The van der Waals surface area contributed by atoms with Gasteiger partial charge in [0.25, 0.3) is 0 Å². The number of hydrogen-bond acceptors (Lipinski definition) is 0. The van der Waals surface area contributed by atoms with E-state index in [1.807, 2.05) is 0 Å². The lowest BCUT2D eigenvalue weighted by atomic mass is 9.97. The molecule has 0 saturated carbocycles. The van der Waals surface area contributed by atoms with Gasteiger partial charge in [-0.25, -0.2) is 4.99 Å². The number of rotatable bonds is 0. The Kier molecular flexibility index (Phi) is 3.20. The molecule has 1 N–H and O–H groups in total. The third-order valence-corrected chi connectivity index (χ3v) is 2.82. The van der Waals surface area contributed by atoms with Gasteiger partial charge in [-0.2, -0.15) is 0 Å². The summed E-state index contributed by atoms with van der Waals surface area (Å²) in [6.07, 6.45) is 2.09. The molecule has 0 spiro atoms. The topological polar surface area (TPSA) is 14.0 Å². The standard InChI is InChI=1S/C14H11N.BrH/c1-3-7-13-11(5-1)9-15-10-12-6-2-4-8-14(12)13;/h1-9H,10H2;1H. The highest BCUT2D eigenvalue weighted by molar-refractivity contribution is 5.89. The number of halogens is 1. The first-order chi connectivity index (χ1) is 7.45. The Morgan fingerprint density at radius 1 is 0.812 bits per heavy atom. The zero-order chi connectivity index (χ0) is 10.1. The SMILES string of the molecule is C1=[NH+]Cc2ccccc2-c2ccccc21.[Br-]. The smallest absolute Gasteiger partial charge is 0.169 e. The number of hydrogen-bond donors (Lipinski definition) is 1. The molecule has 0 aliphatic carbocycles. The van der Waals surface area contributed by atoms with Crippen molar-refractivity contribution in [3.05, 3.63) is 59.7 Å². The van der Waals surface area contributed by atoms with E-state index in [4.69, 9.17) is 0 Å². The van der Waals surface area contributed by atoms with Crippen LogP contribution in [-0.2, 0) is 6.54 Å². The lowest BCUT2D eigenvalue weighted by Crippen LogP contribution is -3.00. The molecule has 2 heteroatoms. The maximum absolute atomic E-state index is 3.33. The average molecular weight is 274 g/mol. The second-order valence-electron chi connectivity index (χ2n) is 3.77. The molecule has 0 saturated heterocycles. The van der Waals surface area contributed by atoms with Gasteiger partial charge >= 0.3 is 0 Å². The van der Waals surface area contributed by atoms with E-state index in [2.05, 4.69) is 59.7 Å². The van der Waals surface area contributed by atoms with Gasteiger partial charge in [0.05, 0.1) is 0 Å². The van der Waals surface area contributed by atoms with Crippen molar-refractivity contribution in [3.8, 4) is 11.1 Å². The summed E-state index contributed by atoms with van der Waals surface area (Å²) in [4.78, 5) is 3.33. The molecule has 0 amide bonds. The monoisotopic (exact) mass is 273 g/mol. The molecule has 0 unspecified atom stereocenters. The summed E-state index contributed by atoms with van der Waals surface area (Å²) in [5.74, 6) is 0. The molecule has 2 aromatic carbocycles. The van der Waals surface area contributed by atoms with Gasteiger partial charge in [0.15, 0.2) is 12.8 Å². The van der Waals surface area contributed by atoms with Gasteiger partial charge < -0.3 is 17.0 Å². The molecule has 1 aliphatic rings. The van der Waals surface area contributed by atoms with Gasteiger partial charge in [0.2, 0.25) is 0 Å². The molecular formula is C14H12BrN. The van der Waals surface area contributed by atoms with Crippen LogP contribution in [0.3, 0.4) is 0 Å². The van der Waals surface area contributed by atoms with Crippen molar-refractivity contribution in [2.24, 2.45) is 0 Å². The molecular weight excluding hydrogens is 262 g/mol. The molecule has 0 atom stereocenters. The minimum absolute atomic E-state index is 0. The zero-order valence-electron chi connectivity index (χ0n) is 8.78. The van der Waals surface area contributed by atoms with E-state index in [-0.39, 0.29) is 17.0 Å². The fourth-order valence-corrected chi connectivity index (χ4v) is 2.08. The fourth-order valence-electron chi connectivity index (χ4n) is 2.08. The van der Waals surface area contributed by atoms with Crippen LogP contribution in [-0.4, -0.2) is 6.21 Å². The quantitative estimate of drug-likeness (QED) is 0.593. The first-order valence-corrected chi connectivity index (χ1v) is 5.19. The van der Waals surface area contributed by atoms with Crippen molar-refractivity contribution in [1.82, 2.24) is 0 Å². The highest BCUT2D eigenvalue weighted by atomic mass is 79.9. The van der Waals surface area contributed by atoms with E-state index in [0.717, 1.165) is 6.54 Å². The lowest BCUT2D eigenvalue weighted by Gasteiger charge is -2.05. The van der Waals surface area contributed by atoms with Crippen LogP contribution in [0.5, 0.6) is 0 Å². The van der Waals surface area contributed by atoms with E-state index in [0.29, 0.717) is 0 Å². The van der Waals surface area contributed by atoms with E-state index in [1.54, 1.807) is 0 Å². The summed E-state index contributed by atoms with van der Waals surface area (Å²) >= 11 is 0. The van der Waals surface area contributed by atoms with Crippen molar-refractivity contribution < 1.29 is 22.0 Å². The zero-order valence-corrected chi connectivity index (χ0v) is 10.4. The van der Waals surface area contributed by atoms with Crippen LogP contribution in [0.15, 0.2) is 48.5 Å². The van der Waals surface area contributed by atoms with Crippen molar-refractivity contribution in [2.45, 2.75) is 6.54 Å². The summed E-state index contributed by atoms with van der Waals surface area (Å²) in [5, 5.41) is 0. The third-order valence-electron chi connectivity index (χ3n) is 2.82. The molecule has 1 nitrogen and oxygen atoms in total. The number of fused-ring (bicyclic) bond motifs is 3. The van der Waals surface area contributed by atoms with Crippen LogP contribution >= 0.6 is 0 Å². The van der Waals surface area contributed by atoms with E-state index in [1.165, 1.54) is 22.3 Å². The Bertz CT molecular complexity index is 532.